The SMILES string of the molecule is CCc1cc(=O)[nH]c(SCC(=O)N2N=C(c3ccc(OC)cc3)C[C@@H]2c2ccc(F)cc2)n1. The van der Waals surface area contributed by atoms with Gasteiger partial charge in [-0.1, -0.05) is 30.8 Å². The van der Waals surface area contributed by atoms with E-state index in [9.17, 15) is 14.0 Å². The molecular formula is C24H23FN4O3S. The van der Waals surface area contributed by atoms with Crippen LogP contribution in [0.15, 0.2) is 69.6 Å². The number of aryl methyl sites for hydroxylation is 1. The summed E-state index contributed by atoms with van der Waals surface area (Å²) >= 11 is 1.16. The zero-order chi connectivity index (χ0) is 23.4. The minimum atomic E-state index is -0.357. The predicted octanol–water partition coefficient (Wildman–Crippen LogP) is 3.95. The van der Waals surface area contributed by atoms with Gasteiger partial charge < -0.3 is 9.72 Å². The number of ether oxygens (including phenoxy) is 1. The van der Waals surface area contributed by atoms with Crippen LogP contribution in [0.25, 0.3) is 0 Å². The molecule has 0 saturated heterocycles. The monoisotopic (exact) mass is 466 g/mol. The number of H-pyrrole nitrogens is 1. The van der Waals surface area contributed by atoms with Crippen molar-refractivity contribution >= 4 is 23.4 Å². The number of methoxy groups -OCH3 is 1. The molecule has 1 amide bonds. The van der Waals surface area contributed by atoms with E-state index in [0.29, 0.717) is 23.7 Å². The summed E-state index contributed by atoms with van der Waals surface area (Å²) in [5.41, 5.74) is 2.85. The molecule has 170 valence electrons. The molecule has 1 N–H and O–H groups in total. The molecule has 0 radical (unpaired) electrons. The molecule has 1 aliphatic heterocycles. The van der Waals surface area contributed by atoms with Crippen LogP contribution in [0.2, 0.25) is 0 Å². The van der Waals surface area contributed by atoms with Gasteiger partial charge >= 0.3 is 0 Å². The molecule has 0 aliphatic carbocycles. The van der Waals surface area contributed by atoms with Gasteiger partial charge in [0, 0.05) is 18.2 Å². The maximum absolute atomic E-state index is 13.5. The Labute approximate surface area is 194 Å². The first-order chi connectivity index (χ1) is 16.0. The Kier molecular flexibility index (Phi) is 6.88. The third-order valence-electron chi connectivity index (χ3n) is 5.31. The molecule has 0 unspecified atom stereocenters. The largest absolute Gasteiger partial charge is 0.497 e. The molecular weight excluding hydrogens is 443 g/mol. The number of benzene rings is 2. The van der Waals surface area contributed by atoms with Gasteiger partial charge in [-0.05, 0) is 53.9 Å². The average Bonchev–Trinajstić information content (AvgIpc) is 3.28. The molecule has 2 heterocycles. The van der Waals surface area contributed by atoms with Crippen molar-refractivity contribution in [3.8, 4) is 5.75 Å². The zero-order valence-electron chi connectivity index (χ0n) is 18.2. The van der Waals surface area contributed by atoms with Gasteiger partial charge in [0.05, 0.1) is 24.6 Å². The van der Waals surface area contributed by atoms with Crippen LogP contribution >= 0.6 is 11.8 Å². The van der Waals surface area contributed by atoms with Gasteiger partial charge in [0.15, 0.2) is 5.16 Å². The molecule has 0 fully saturated rings. The molecule has 1 aromatic heterocycles. The number of carbonyl (C=O) groups excluding carboxylic acids is 1. The number of rotatable bonds is 7. The summed E-state index contributed by atoms with van der Waals surface area (Å²) in [6, 6.07) is 14.7. The Morgan fingerprint density at radius 2 is 1.94 bits per heavy atom. The molecule has 4 rings (SSSR count). The van der Waals surface area contributed by atoms with E-state index in [1.165, 1.54) is 23.2 Å². The maximum Gasteiger partial charge on any atom is 0.253 e. The lowest BCUT2D eigenvalue weighted by molar-refractivity contribution is -0.130. The van der Waals surface area contributed by atoms with Gasteiger partial charge in [-0.25, -0.2) is 14.4 Å². The molecule has 1 atom stereocenters. The van der Waals surface area contributed by atoms with Crippen LogP contribution in [0.1, 0.15) is 36.2 Å². The summed E-state index contributed by atoms with van der Waals surface area (Å²) in [4.78, 5) is 32.0. The number of nitrogens with zero attached hydrogens (tertiary/aromatic N) is 3. The predicted molar refractivity (Wildman–Crippen MR) is 125 cm³/mol. The van der Waals surface area contributed by atoms with Crippen LogP contribution in [0, 0.1) is 5.82 Å². The van der Waals surface area contributed by atoms with Crippen LogP contribution in [0.5, 0.6) is 5.75 Å². The van der Waals surface area contributed by atoms with Crippen molar-refractivity contribution in [2.24, 2.45) is 5.10 Å². The van der Waals surface area contributed by atoms with Crippen LogP contribution in [0.3, 0.4) is 0 Å². The molecule has 7 nitrogen and oxygen atoms in total. The second kappa shape index (κ2) is 9.99. The van der Waals surface area contributed by atoms with Crippen molar-refractivity contribution < 1.29 is 13.9 Å². The summed E-state index contributed by atoms with van der Waals surface area (Å²) in [6.07, 6.45) is 1.12. The molecule has 0 spiro atoms. The number of thioether (sulfide) groups is 1. The fourth-order valence-electron chi connectivity index (χ4n) is 3.57. The minimum Gasteiger partial charge on any atom is -0.497 e. The second-order valence-corrected chi connectivity index (χ2v) is 8.43. The van der Waals surface area contributed by atoms with Crippen molar-refractivity contribution in [1.29, 1.82) is 0 Å². The Morgan fingerprint density at radius 1 is 1.21 bits per heavy atom. The van der Waals surface area contributed by atoms with E-state index in [0.717, 1.165) is 34.3 Å². The molecule has 33 heavy (non-hydrogen) atoms. The van der Waals surface area contributed by atoms with Crippen molar-refractivity contribution in [1.82, 2.24) is 15.0 Å². The minimum absolute atomic E-state index is 0.0488. The second-order valence-electron chi connectivity index (χ2n) is 7.47. The van der Waals surface area contributed by atoms with Gasteiger partial charge in [0.25, 0.3) is 11.5 Å². The number of carbonyl (C=O) groups is 1. The van der Waals surface area contributed by atoms with Gasteiger partial charge in [0.1, 0.15) is 11.6 Å². The Morgan fingerprint density at radius 3 is 2.61 bits per heavy atom. The number of hydrazone groups is 1. The van der Waals surface area contributed by atoms with E-state index in [1.54, 1.807) is 19.2 Å². The number of halogens is 1. The quantitative estimate of drug-likeness (QED) is 0.421. The van der Waals surface area contributed by atoms with Crippen molar-refractivity contribution in [3.63, 3.8) is 0 Å². The van der Waals surface area contributed by atoms with Crippen LogP contribution in [0.4, 0.5) is 4.39 Å². The third kappa shape index (κ3) is 5.31. The molecule has 1 aliphatic rings. The van der Waals surface area contributed by atoms with Gasteiger partial charge in [-0.15, -0.1) is 0 Å². The summed E-state index contributed by atoms with van der Waals surface area (Å²) in [7, 11) is 1.60. The number of hydrogen-bond acceptors (Lipinski definition) is 6. The first-order valence-electron chi connectivity index (χ1n) is 10.5. The number of nitrogens with one attached hydrogen (secondary N) is 1. The molecule has 3 aromatic rings. The van der Waals surface area contributed by atoms with E-state index in [4.69, 9.17) is 4.74 Å². The Hall–Kier alpha value is -3.46. The van der Waals surface area contributed by atoms with Crippen LogP contribution < -0.4 is 10.3 Å². The van der Waals surface area contributed by atoms with Crippen molar-refractivity contribution in [2.45, 2.75) is 31.0 Å². The molecule has 0 saturated carbocycles. The molecule has 0 bridgehead atoms. The lowest BCUT2D eigenvalue weighted by atomic mass is 9.98. The normalized spacial score (nSPS) is 15.4. The van der Waals surface area contributed by atoms with Gasteiger partial charge in [-0.3, -0.25) is 9.59 Å². The first-order valence-corrected chi connectivity index (χ1v) is 11.5. The van der Waals surface area contributed by atoms with E-state index in [-0.39, 0.29) is 29.1 Å². The van der Waals surface area contributed by atoms with Gasteiger partial charge in [0.2, 0.25) is 0 Å². The van der Waals surface area contributed by atoms with E-state index in [1.807, 2.05) is 31.2 Å². The molecule has 2 aromatic carbocycles. The van der Waals surface area contributed by atoms with Gasteiger partial charge in [-0.2, -0.15) is 5.10 Å². The topological polar surface area (TPSA) is 87.7 Å². The summed E-state index contributed by atoms with van der Waals surface area (Å²) in [5, 5.41) is 6.46. The van der Waals surface area contributed by atoms with Crippen molar-refractivity contribution in [2.75, 3.05) is 12.9 Å². The average molecular weight is 467 g/mol. The zero-order valence-corrected chi connectivity index (χ0v) is 19.1. The molecule has 9 heteroatoms. The third-order valence-corrected chi connectivity index (χ3v) is 6.17. The standard InChI is InChI=1S/C24H23FN4O3S/c1-3-18-12-22(30)27-24(26-18)33-14-23(31)29-21(16-4-8-17(25)9-5-16)13-20(28-29)15-6-10-19(32-2)11-7-15/h4-12,21H,3,13-14H2,1-2H3,(H,26,27,30)/t21-/m1/s1. The fraction of sp³-hybridized carbons (Fsp3) is 0.250. The first kappa shape index (κ1) is 22.7. The highest BCUT2D eigenvalue weighted by Gasteiger charge is 2.33. The summed E-state index contributed by atoms with van der Waals surface area (Å²) in [6.45, 7) is 1.91. The van der Waals surface area contributed by atoms with Crippen molar-refractivity contribution in [3.05, 3.63) is 87.6 Å². The highest BCUT2D eigenvalue weighted by Crippen LogP contribution is 2.34. The lowest BCUT2D eigenvalue weighted by Crippen LogP contribution is -2.28. The number of aromatic nitrogens is 2. The van der Waals surface area contributed by atoms with E-state index < -0.39 is 0 Å². The fourth-order valence-corrected chi connectivity index (χ4v) is 4.32. The summed E-state index contributed by atoms with van der Waals surface area (Å²) < 4.78 is 18.7. The number of amides is 1. The Balaban J connectivity index is 1.58. The van der Waals surface area contributed by atoms with E-state index >= 15 is 0 Å². The number of aromatic amines is 1. The highest BCUT2D eigenvalue weighted by molar-refractivity contribution is 7.99. The van der Waals surface area contributed by atoms with E-state index in [2.05, 4.69) is 15.1 Å². The van der Waals surface area contributed by atoms with Crippen LogP contribution in [-0.4, -0.2) is 39.5 Å². The summed E-state index contributed by atoms with van der Waals surface area (Å²) in [5.74, 6) is 0.204. The highest BCUT2D eigenvalue weighted by atomic mass is 32.2. The van der Waals surface area contributed by atoms with Crippen LogP contribution in [-0.2, 0) is 11.2 Å². The smallest absolute Gasteiger partial charge is 0.253 e. The maximum atomic E-state index is 13.5. The lowest BCUT2D eigenvalue weighted by Gasteiger charge is -2.22. The Bertz CT molecular complexity index is 1230. The number of hydrogen-bond donors (Lipinski definition) is 1.